The Morgan fingerprint density at radius 2 is 2.15 bits per heavy atom. The first-order valence-electron chi connectivity index (χ1n) is 6.64. The average Bonchev–Trinajstić information content (AvgIpc) is 2.83. The van der Waals surface area contributed by atoms with E-state index in [1.165, 1.54) is 6.07 Å². The van der Waals surface area contributed by atoms with Crippen LogP contribution in [-0.2, 0) is 10.9 Å². The molecular formula is C14H17BrF3NO. The number of benzene rings is 1. The first-order valence-corrected chi connectivity index (χ1v) is 7.43. The first kappa shape index (κ1) is 15.6. The minimum absolute atomic E-state index is 0.246. The van der Waals surface area contributed by atoms with E-state index in [0.717, 1.165) is 31.6 Å². The van der Waals surface area contributed by atoms with Crippen molar-refractivity contribution in [3.8, 4) is 0 Å². The van der Waals surface area contributed by atoms with Gasteiger partial charge in [-0.1, -0.05) is 6.92 Å². The number of alkyl halides is 3. The third kappa shape index (κ3) is 3.67. The summed E-state index contributed by atoms with van der Waals surface area (Å²) >= 11 is 3.19. The van der Waals surface area contributed by atoms with Crippen molar-refractivity contribution in [2.45, 2.75) is 32.0 Å². The van der Waals surface area contributed by atoms with Gasteiger partial charge in [0, 0.05) is 29.2 Å². The van der Waals surface area contributed by atoms with Crippen molar-refractivity contribution in [2.75, 3.05) is 18.5 Å². The predicted molar refractivity (Wildman–Crippen MR) is 75.8 cm³/mol. The van der Waals surface area contributed by atoms with Gasteiger partial charge in [-0.15, -0.1) is 0 Å². The lowest BCUT2D eigenvalue weighted by molar-refractivity contribution is -0.137. The maximum Gasteiger partial charge on any atom is 0.416 e. The minimum atomic E-state index is -4.31. The minimum Gasteiger partial charge on any atom is -0.384 e. The normalized spacial score (nSPS) is 23.1. The molecular weight excluding hydrogens is 335 g/mol. The molecule has 112 valence electrons. The van der Waals surface area contributed by atoms with Gasteiger partial charge in [-0.3, -0.25) is 0 Å². The maximum absolute atomic E-state index is 12.6. The molecule has 1 aliphatic rings. The highest BCUT2D eigenvalue weighted by atomic mass is 79.9. The molecule has 0 aromatic heterocycles. The van der Waals surface area contributed by atoms with Crippen molar-refractivity contribution in [3.63, 3.8) is 0 Å². The van der Waals surface area contributed by atoms with Crippen LogP contribution in [0.2, 0.25) is 0 Å². The Kier molecular flexibility index (Phi) is 4.96. The lowest BCUT2D eigenvalue weighted by Crippen LogP contribution is -2.23. The van der Waals surface area contributed by atoms with Gasteiger partial charge in [0.25, 0.3) is 0 Å². The van der Waals surface area contributed by atoms with Crippen molar-refractivity contribution >= 4 is 21.6 Å². The summed E-state index contributed by atoms with van der Waals surface area (Å²) in [5.41, 5.74) is 0.0327. The molecule has 1 aromatic rings. The SMILES string of the molecule is CCC1OCCC1CNc1ccc(C(F)(F)F)cc1Br. The number of hydrogen-bond acceptors (Lipinski definition) is 2. The molecule has 2 rings (SSSR count). The number of ether oxygens (including phenoxy) is 1. The molecule has 1 aliphatic heterocycles. The topological polar surface area (TPSA) is 21.3 Å². The van der Waals surface area contributed by atoms with Crippen LogP contribution in [0, 0.1) is 5.92 Å². The largest absolute Gasteiger partial charge is 0.416 e. The highest BCUT2D eigenvalue weighted by Gasteiger charge is 2.31. The monoisotopic (exact) mass is 351 g/mol. The maximum atomic E-state index is 12.6. The summed E-state index contributed by atoms with van der Waals surface area (Å²) in [6.45, 7) is 3.55. The van der Waals surface area contributed by atoms with Crippen LogP contribution in [0.5, 0.6) is 0 Å². The highest BCUT2D eigenvalue weighted by Crippen LogP contribution is 2.34. The zero-order valence-electron chi connectivity index (χ0n) is 11.1. The summed E-state index contributed by atoms with van der Waals surface area (Å²) < 4.78 is 43.7. The molecule has 0 bridgehead atoms. The summed E-state index contributed by atoms with van der Waals surface area (Å²) in [5, 5.41) is 3.20. The van der Waals surface area contributed by atoms with Crippen molar-refractivity contribution in [1.82, 2.24) is 0 Å². The van der Waals surface area contributed by atoms with E-state index in [1.54, 1.807) is 0 Å². The second-order valence-electron chi connectivity index (χ2n) is 4.94. The fraction of sp³-hybridized carbons (Fsp3) is 0.571. The van der Waals surface area contributed by atoms with Crippen molar-refractivity contribution in [2.24, 2.45) is 5.92 Å². The smallest absolute Gasteiger partial charge is 0.384 e. The number of rotatable bonds is 4. The second kappa shape index (κ2) is 6.35. The third-order valence-corrected chi connectivity index (χ3v) is 4.26. The van der Waals surface area contributed by atoms with E-state index in [-0.39, 0.29) is 6.10 Å². The molecule has 0 spiro atoms. The van der Waals surface area contributed by atoms with Crippen LogP contribution in [0.25, 0.3) is 0 Å². The van der Waals surface area contributed by atoms with Gasteiger partial charge in [-0.25, -0.2) is 0 Å². The summed E-state index contributed by atoms with van der Waals surface area (Å²) in [4.78, 5) is 0. The molecule has 2 unspecified atom stereocenters. The number of halogens is 4. The molecule has 1 aromatic carbocycles. The summed E-state index contributed by atoms with van der Waals surface area (Å²) in [6.07, 6.45) is -2.12. The molecule has 0 amide bonds. The van der Waals surface area contributed by atoms with Crippen LogP contribution in [0.3, 0.4) is 0 Å². The molecule has 1 saturated heterocycles. The molecule has 1 fully saturated rings. The Balaban J connectivity index is 2.00. The fourth-order valence-electron chi connectivity index (χ4n) is 2.45. The summed E-state index contributed by atoms with van der Waals surface area (Å²) in [7, 11) is 0. The molecule has 1 heterocycles. The van der Waals surface area contributed by atoms with E-state index < -0.39 is 11.7 Å². The van der Waals surface area contributed by atoms with Gasteiger partial charge in [-0.05, 0) is 47.0 Å². The van der Waals surface area contributed by atoms with Gasteiger partial charge in [0.2, 0.25) is 0 Å². The highest BCUT2D eigenvalue weighted by molar-refractivity contribution is 9.10. The zero-order valence-corrected chi connectivity index (χ0v) is 12.7. The average molecular weight is 352 g/mol. The van der Waals surface area contributed by atoms with E-state index in [4.69, 9.17) is 4.74 Å². The lowest BCUT2D eigenvalue weighted by atomic mass is 9.99. The van der Waals surface area contributed by atoms with Gasteiger partial charge < -0.3 is 10.1 Å². The van der Waals surface area contributed by atoms with E-state index in [1.807, 2.05) is 0 Å². The van der Waals surface area contributed by atoms with Crippen LogP contribution in [0.15, 0.2) is 22.7 Å². The first-order chi connectivity index (χ1) is 9.41. The summed E-state index contributed by atoms with van der Waals surface area (Å²) in [6, 6.07) is 3.66. The van der Waals surface area contributed by atoms with Crippen molar-refractivity contribution in [3.05, 3.63) is 28.2 Å². The van der Waals surface area contributed by atoms with Crippen LogP contribution in [0.4, 0.5) is 18.9 Å². The van der Waals surface area contributed by atoms with E-state index in [9.17, 15) is 13.2 Å². The van der Waals surface area contributed by atoms with Crippen LogP contribution in [-0.4, -0.2) is 19.3 Å². The van der Waals surface area contributed by atoms with E-state index in [0.29, 0.717) is 22.6 Å². The van der Waals surface area contributed by atoms with Gasteiger partial charge >= 0.3 is 6.18 Å². The number of nitrogens with one attached hydrogen (secondary N) is 1. The van der Waals surface area contributed by atoms with Gasteiger partial charge in [0.05, 0.1) is 11.7 Å². The standard InChI is InChI=1S/C14H17BrF3NO/c1-2-13-9(5-6-20-13)8-19-12-4-3-10(7-11(12)15)14(16,17)18/h3-4,7,9,13,19H,2,5-6,8H2,1H3. The summed E-state index contributed by atoms with van der Waals surface area (Å²) in [5.74, 6) is 0.411. The van der Waals surface area contributed by atoms with Crippen molar-refractivity contribution in [1.29, 1.82) is 0 Å². The second-order valence-corrected chi connectivity index (χ2v) is 5.79. The molecule has 2 nitrogen and oxygen atoms in total. The van der Waals surface area contributed by atoms with Crippen LogP contribution < -0.4 is 5.32 Å². The van der Waals surface area contributed by atoms with Gasteiger partial charge in [0.15, 0.2) is 0 Å². The number of anilines is 1. The Morgan fingerprint density at radius 1 is 1.40 bits per heavy atom. The molecule has 2 atom stereocenters. The molecule has 1 N–H and O–H groups in total. The van der Waals surface area contributed by atoms with Crippen LogP contribution >= 0.6 is 15.9 Å². The molecule has 20 heavy (non-hydrogen) atoms. The Labute approximate surface area is 124 Å². The zero-order chi connectivity index (χ0) is 14.8. The molecule has 0 saturated carbocycles. The molecule has 6 heteroatoms. The number of hydrogen-bond donors (Lipinski definition) is 1. The Hall–Kier alpha value is -0.750. The van der Waals surface area contributed by atoms with E-state index >= 15 is 0 Å². The van der Waals surface area contributed by atoms with Gasteiger partial charge in [0.1, 0.15) is 0 Å². The van der Waals surface area contributed by atoms with E-state index in [2.05, 4.69) is 28.2 Å². The lowest BCUT2D eigenvalue weighted by Gasteiger charge is -2.19. The molecule has 0 aliphatic carbocycles. The quantitative estimate of drug-likeness (QED) is 0.849. The van der Waals surface area contributed by atoms with Gasteiger partial charge in [-0.2, -0.15) is 13.2 Å². The predicted octanol–water partition coefficient (Wildman–Crippen LogP) is 4.69. The Morgan fingerprint density at radius 3 is 2.75 bits per heavy atom. The van der Waals surface area contributed by atoms with Crippen molar-refractivity contribution < 1.29 is 17.9 Å². The fourth-order valence-corrected chi connectivity index (χ4v) is 2.97. The third-order valence-electron chi connectivity index (χ3n) is 3.60. The molecule has 0 radical (unpaired) electrons. The Bertz CT molecular complexity index is 464. The van der Waals surface area contributed by atoms with Crippen LogP contribution in [0.1, 0.15) is 25.3 Å².